The summed E-state index contributed by atoms with van der Waals surface area (Å²) in [6.45, 7) is 2.24. The largest absolute Gasteiger partial charge is 0.218 e. The standard InChI is InChI=1S/C32H40N4/c1(3-5-7-9-23-35-25-15-31(16-26-35)29-11-19-33-20-12-29)2-4-6-8-10-24-36-27-17-32(18-28-36)30-13-21-34-22-14-30/h11-22,25-28H,1-10,23-24H2/q+2/p+2. The van der Waals surface area contributed by atoms with Crippen LogP contribution in [0.1, 0.15) is 64.2 Å². The molecule has 0 aliphatic carbocycles. The van der Waals surface area contributed by atoms with E-state index in [9.17, 15) is 0 Å². The van der Waals surface area contributed by atoms with Crippen molar-refractivity contribution in [2.45, 2.75) is 77.3 Å². The Morgan fingerprint density at radius 2 is 0.639 bits per heavy atom. The molecule has 36 heavy (non-hydrogen) atoms. The Labute approximate surface area is 216 Å². The summed E-state index contributed by atoms with van der Waals surface area (Å²) in [4.78, 5) is 6.16. The van der Waals surface area contributed by atoms with Crippen LogP contribution in [0.15, 0.2) is 98.1 Å². The number of aromatic amines is 2. The topological polar surface area (TPSA) is 36.0 Å². The molecule has 4 aromatic heterocycles. The van der Waals surface area contributed by atoms with Gasteiger partial charge in [0.15, 0.2) is 49.6 Å². The number of hydrogen-bond acceptors (Lipinski definition) is 0. The van der Waals surface area contributed by atoms with Crippen LogP contribution in [0.5, 0.6) is 0 Å². The zero-order chi connectivity index (χ0) is 24.7. The van der Waals surface area contributed by atoms with Crippen molar-refractivity contribution in [3.63, 3.8) is 0 Å². The van der Waals surface area contributed by atoms with Gasteiger partial charge in [0, 0.05) is 61.4 Å². The van der Waals surface area contributed by atoms with Crippen LogP contribution in [0, 0.1) is 0 Å². The number of aromatic nitrogens is 4. The number of aryl methyl sites for hydroxylation is 2. The molecular weight excluding hydrogens is 440 g/mol. The van der Waals surface area contributed by atoms with E-state index in [2.05, 4.69) is 92.4 Å². The molecule has 0 radical (unpaired) electrons. The minimum atomic E-state index is 1.12. The highest BCUT2D eigenvalue weighted by Crippen LogP contribution is 2.16. The summed E-state index contributed by atoms with van der Waals surface area (Å²) in [5, 5.41) is 0. The molecule has 0 aliphatic rings. The maximum atomic E-state index is 3.08. The van der Waals surface area contributed by atoms with E-state index in [1.165, 1.54) is 86.5 Å². The van der Waals surface area contributed by atoms with Crippen LogP contribution in [0.4, 0.5) is 0 Å². The van der Waals surface area contributed by atoms with Gasteiger partial charge in [0.2, 0.25) is 0 Å². The van der Waals surface area contributed by atoms with Crippen molar-refractivity contribution >= 4 is 0 Å². The van der Waals surface area contributed by atoms with Gasteiger partial charge in [-0.05, 0) is 35.1 Å². The Balaban J connectivity index is 0.972. The van der Waals surface area contributed by atoms with Crippen molar-refractivity contribution in [2.24, 2.45) is 0 Å². The van der Waals surface area contributed by atoms with Crippen LogP contribution in [-0.2, 0) is 13.1 Å². The number of rotatable bonds is 15. The molecule has 0 bridgehead atoms. The van der Waals surface area contributed by atoms with Crippen molar-refractivity contribution < 1.29 is 19.1 Å². The van der Waals surface area contributed by atoms with E-state index in [0.717, 1.165) is 13.1 Å². The zero-order valence-electron chi connectivity index (χ0n) is 21.6. The average molecular weight is 483 g/mol. The molecule has 0 atom stereocenters. The van der Waals surface area contributed by atoms with Gasteiger partial charge in [-0.15, -0.1) is 0 Å². The van der Waals surface area contributed by atoms with Crippen LogP contribution in [-0.4, -0.2) is 0 Å². The fourth-order valence-electron chi connectivity index (χ4n) is 4.76. The van der Waals surface area contributed by atoms with Crippen molar-refractivity contribution in [2.75, 3.05) is 0 Å². The molecule has 4 heterocycles. The van der Waals surface area contributed by atoms with Gasteiger partial charge in [-0.1, -0.05) is 38.5 Å². The normalized spacial score (nSPS) is 11.0. The molecule has 0 saturated carbocycles. The van der Waals surface area contributed by atoms with Crippen LogP contribution in [0.2, 0.25) is 0 Å². The van der Waals surface area contributed by atoms with Gasteiger partial charge >= 0.3 is 0 Å². The molecule has 4 nitrogen and oxygen atoms in total. The summed E-state index contributed by atoms with van der Waals surface area (Å²) in [5.41, 5.74) is 5.06. The monoisotopic (exact) mass is 482 g/mol. The summed E-state index contributed by atoms with van der Waals surface area (Å²) in [5.74, 6) is 0. The second-order valence-electron chi connectivity index (χ2n) is 9.76. The van der Waals surface area contributed by atoms with Crippen molar-refractivity contribution in [3.8, 4) is 22.3 Å². The third kappa shape index (κ3) is 8.67. The first kappa shape index (κ1) is 25.7. The molecule has 0 fully saturated rings. The first-order chi connectivity index (χ1) is 17.9. The third-order valence-electron chi connectivity index (χ3n) is 6.97. The smallest absolute Gasteiger partial charge is 0.169 e. The maximum absolute atomic E-state index is 3.08. The number of nitrogens with one attached hydrogen (secondary N) is 2. The maximum Gasteiger partial charge on any atom is 0.169 e. The number of nitrogens with zero attached hydrogens (tertiary/aromatic N) is 2. The van der Waals surface area contributed by atoms with Gasteiger partial charge in [0.05, 0.1) is 0 Å². The first-order valence-corrected chi connectivity index (χ1v) is 13.8. The Bertz CT molecular complexity index is 1020. The molecule has 0 saturated heterocycles. The molecule has 4 rings (SSSR count). The molecule has 0 unspecified atom stereocenters. The van der Waals surface area contributed by atoms with E-state index < -0.39 is 0 Å². The van der Waals surface area contributed by atoms with Crippen LogP contribution >= 0.6 is 0 Å². The number of hydrogen-bond donors (Lipinski definition) is 0. The van der Waals surface area contributed by atoms with Crippen molar-refractivity contribution in [1.29, 1.82) is 0 Å². The summed E-state index contributed by atoms with van der Waals surface area (Å²) < 4.78 is 4.63. The second kappa shape index (κ2) is 14.9. The third-order valence-corrected chi connectivity index (χ3v) is 6.97. The van der Waals surface area contributed by atoms with Gasteiger partial charge in [0.25, 0.3) is 0 Å². The highest BCUT2D eigenvalue weighted by Gasteiger charge is 2.05. The number of H-pyrrole nitrogens is 2. The Hall–Kier alpha value is -3.40. The molecule has 0 spiro atoms. The quantitative estimate of drug-likeness (QED) is 0.151. The van der Waals surface area contributed by atoms with Gasteiger partial charge in [-0.25, -0.2) is 19.1 Å². The minimum absolute atomic E-state index is 1.12. The Morgan fingerprint density at radius 3 is 0.972 bits per heavy atom. The molecule has 0 aliphatic heterocycles. The first-order valence-electron chi connectivity index (χ1n) is 13.8. The predicted molar refractivity (Wildman–Crippen MR) is 143 cm³/mol. The van der Waals surface area contributed by atoms with Crippen molar-refractivity contribution in [3.05, 3.63) is 98.1 Å². The van der Waals surface area contributed by atoms with Gasteiger partial charge < -0.3 is 0 Å². The highest BCUT2D eigenvalue weighted by atomic mass is 14.9. The second-order valence-corrected chi connectivity index (χ2v) is 9.76. The molecule has 4 aromatic rings. The molecule has 0 amide bonds. The zero-order valence-corrected chi connectivity index (χ0v) is 21.6. The van der Waals surface area contributed by atoms with E-state index in [-0.39, 0.29) is 0 Å². The summed E-state index contributed by atoms with van der Waals surface area (Å²) >= 11 is 0. The number of unbranched alkanes of at least 4 members (excludes halogenated alkanes) is 9. The van der Waals surface area contributed by atoms with E-state index in [1.54, 1.807) is 0 Å². The van der Waals surface area contributed by atoms with Gasteiger partial charge in [0.1, 0.15) is 13.1 Å². The fraction of sp³-hybridized carbons (Fsp3) is 0.375. The molecule has 186 valence electrons. The molecule has 0 aromatic carbocycles. The highest BCUT2D eigenvalue weighted by molar-refractivity contribution is 5.61. The molecule has 2 N–H and O–H groups in total. The summed E-state index contributed by atoms with van der Waals surface area (Å²) in [6.07, 6.45) is 30.2. The van der Waals surface area contributed by atoms with Crippen LogP contribution in [0.3, 0.4) is 0 Å². The lowest BCUT2D eigenvalue weighted by Gasteiger charge is -2.03. The lowest BCUT2D eigenvalue weighted by Crippen LogP contribution is -2.32. The Kier molecular flexibility index (Phi) is 10.6. The molecule has 4 heteroatoms. The average Bonchev–Trinajstić information content (AvgIpc) is 2.95. The van der Waals surface area contributed by atoms with E-state index >= 15 is 0 Å². The summed E-state index contributed by atoms with van der Waals surface area (Å²) in [7, 11) is 0. The fourth-order valence-corrected chi connectivity index (χ4v) is 4.76. The lowest BCUT2D eigenvalue weighted by atomic mass is 10.1. The SMILES string of the molecule is c1cc(-c2cc[n+](CCCCCCCCCCCC[n+]3ccc(-c4cc[nH+]cc4)cc3)cc2)cc[nH+]1. The van der Waals surface area contributed by atoms with Crippen molar-refractivity contribution in [1.82, 2.24) is 0 Å². The minimum Gasteiger partial charge on any atom is -0.218 e. The predicted octanol–water partition coefficient (Wildman–Crippen LogP) is 5.83. The van der Waals surface area contributed by atoms with Gasteiger partial charge in [-0.3, -0.25) is 0 Å². The number of pyridine rings is 4. The van der Waals surface area contributed by atoms with E-state index in [4.69, 9.17) is 0 Å². The van der Waals surface area contributed by atoms with Gasteiger partial charge in [-0.2, -0.15) is 0 Å². The summed E-state index contributed by atoms with van der Waals surface area (Å²) in [6, 6.07) is 17.3. The van der Waals surface area contributed by atoms with Crippen LogP contribution in [0.25, 0.3) is 22.3 Å². The van der Waals surface area contributed by atoms with E-state index in [0.29, 0.717) is 0 Å². The van der Waals surface area contributed by atoms with E-state index in [1.807, 2.05) is 24.8 Å². The lowest BCUT2D eigenvalue weighted by molar-refractivity contribution is -0.697. The molecular formula is C32H42N4+4. The van der Waals surface area contributed by atoms with Crippen LogP contribution < -0.4 is 19.1 Å². The Morgan fingerprint density at radius 1 is 0.361 bits per heavy atom.